The van der Waals surface area contributed by atoms with Crippen LogP contribution in [0, 0.1) is 0 Å². The molecule has 4 aliphatic rings. The van der Waals surface area contributed by atoms with E-state index >= 15 is 0 Å². The molecule has 15 heteroatoms. The monoisotopic (exact) mass is 657 g/mol. The highest BCUT2D eigenvalue weighted by atomic mass is 32.2. The van der Waals surface area contributed by atoms with Gasteiger partial charge in [0.15, 0.2) is 0 Å². The lowest BCUT2D eigenvalue weighted by molar-refractivity contribution is -0.138. The quantitative estimate of drug-likeness (QED) is 0.492. The lowest BCUT2D eigenvalue weighted by Gasteiger charge is -2.36. The van der Waals surface area contributed by atoms with Crippen LogP contribution >= 0.6 is 0 Å². The molecule has 4 heterocycles. The van der Waals surface area contributed by atoms with Crippen molar-refractivity contribution >= 4 is 16.1 Å². The van der Waals surface area contributed by atoms with Crippen molar-refractivity contribution in [2.24, 2.45) is 0 Å². The maximum Gasteiger partial charge on any atom is 0.418 e. The summed E-state index contributed by atoms with van der Waals surface area (Å²) in [6.45, 7) is -0.903. The van der Waals surface area contributed by atoms with Gasteiger partial charge in [0.25, 0.3) is 0 Å². The summed E-state index contributed by atoms with van der Waals surface area (Å²) in [5.41, 5.74) is -0.177. The number of carbonyl (C=O) groups is 1. The Labute approximate surface area is 260 Å². The van der Waals surface area contributed by atoms with Gasteiger partial charge in [-0.3, -0.25) is 4.90 Å². The highest BCUT2D eigenvalue weighted by Crippen LogP contribution is 2.41. The third-order valence-corrected chi connectivity index (χ3v) is 10.0. The predicted octanol–water partition coefficient (Wildman–Crippen LogP) is 3.95. The Hall–Kier alpha value is -3.14. The first-order chi connectivity index (χ1) is 21.4. The molecule has 45 heavy (non-hydrogen) atoms. The van der Waals surface area contributed by atoms with Gasteiger partial charge in [-0.2, -0.15) is 17.5 Å². The molecule has 1 N–H and O–H groups in total. The number of carbonyl (C=O) groups excluding carboxylic acids is 1. The highest BCUT2D eigenvalue weighted by molar-refractivity contribution is 7.88. The molecule has 2 fully saturated rings. The predicted molar refractivity (Wildman–Crippen MR) is 155 cm³/mol. The third kappa shape index (κ3) is 7.64. The maximum absolute atomic E-state index is 13.8. The second-order valence-electron chi connectivity index (χ2n) is 11.6. The molecule has 0 radical (unpaired) electrons. The van der Waals surface area contributed by atoms with Gasteiger partial charge in [0.05, 0.1) is 62.1 Å². The van der Waals surface area contributed by atoms with Crippen molar-refractivity contribution < 1.29 is 50.4 Å². The number of alkyl halides is 3. The fourth-order valence-corrected chi connectivity index (χ4v) is 7.62. The molecule has 1 aromatic carbocycles. The average molecular weight is 658 g/mol. The van der Waals surface area contributed by atoms with Gasteiger partial charge in [-0.05, 0) is 55.9 Å². The summed E-state index contributed by atoms with van der Waals surface area (Å²) in [5, 5.41) is 10.3. The lowest BCUT2D eigenvalue weighted by atomic mass is 9.83. The first kappa shape index (κ1) is 33.2. The molecule has 3 aliphatic heterocycles. The van der Waals surface area contributed by atoms with E-state index in [1.54, 1.807) is 24.3 Å². The number of aromatic nitrogens is 1. The van der Waals surface area contributed by atoms with E-state index in [0.29, 0.717) is 37.0 Å². The van der Waals surface area contributed by atoms with Crippen molar-refractivity contribution in [2.45, 2.75) is 75.0 Å². The molecule has 11 nitrogen and oxygen atoms in total. The number of fused-ring (bicyclic) bond motifs is 7. The molecule has 248 valence electrons. The Bertz CT molecular complexity index is 1430. The Morgan fingerprint density at radius 3 is 2.38 bits per heavy atom. The minimum Gasteiger partial charge on any atom is -0.497 e. The van der Waals surface area contributed by atoms with Gasteiger partial charge in [0.2, 0.25) is 15.9 Å². The molecule has 3 atom stereocenters. The van der Waals surface area contributed by atoms with Crippen LogP contribution in [0.1, 0.15) is 54.8 Å². The van der Waals surface area contributed by atoms with Gasteiger partial charge in [0, 0.05) is 18.5 Å². The number of benzene rings is 1. The van der Waals surface area contributed by atoms with Crippen LogP contribution in [0.2, 0.25) is 0 Å². The van der Waals surface area contributed by atoms with Gasteiger partial charge < -0.3 is 24.1 Å². The Morgan fingerprint density at radius 2 is 1.76 bits per heavy atom. The number of sulfonamides is 1. The summed E-state index contributed by atoms with van der Waals surface area (Å²) in [5.74, 6) is 0.159. The van der Waals surface area contributed by atoms with Crippen LogP contribution in [0.5, 0.6) is 11.6 Å². The van der Waals surface area contributed by atoms with Crippen LogP contribution in [0.15, 0.2) is 36.4 Å². The van der Waals surface area contributed by atoms with Crippen molar-refractivity contribution in [2.75, 3.05) is 39.8 Å². The van der Waals surface area contributed by atoms with Crippen LogP contribution in [-0.2, 0) is 32.2 Å². The average Bonchev–Trinajstić information content (AvgIpc) is 3.37. The number of methoxy groups -OCH3 is 1. The van der Waals surface area contributed by atoms with E-state index in [9.17, 15) is 31.5 Å². The minimum atomic E-state index is -4.58. The first-order valence-corrected chi connectivity index (χ1v) is 16.7. The zero-order valence-electron chi connectivity index (χ0n) is 25.1. The molecule has 2 aromatic rings. The maximum atomic E-state index is 13.8. The summed E-state index contributed by atoms with van der Waals surface area (Å²) in [4.78, 5) is 19.0. The van der Waals surface area contributed by atoms with Crippen LogP contribution < -0.4 is 9.47 Å². The van der Waals surface area contributed by atoms with Gasteiger partial charge in [0.1, 0.15) is 19.0 Å². The fraction of sp³-hybridized carbons (Fsp3) is 0.600. The van der Waals surface area contributed by atoms with Crippen molar-refractivity contribution in [3.05, 3.63) is 53.2 Å². The number of ether oxygens (including phenoxy) is 4. The number of pyridine rings is 1. The van der Waals surface area contributed by atoms with Crippen LogP contribution in [0.25, 0.3) is 0 Å². The van der Waals surface area contributed by atoms with Crippen LogP contribution in [-0.4, -0.2) is 97.8 Å². The van der Waals surface area contributed by atoms with Crippen molar-refractivity contribution in [1.82, 2.24) is 14.2 Å². The van der Waals surface area contributed by atoms with E-state index in [1.807, 2.05) is 0 Å². The standard InChI is InChI=1S/C30H38F3N3O8S/c1-41-22-7-3-19(4-8-22)16-35(45(2,39)40)25-15-21(17-37)36-26(25)18-44-23-9-5-20(6-10-23)28-24(30(31,32)33)11-12-27(34-28)42-13-14-43-29(36)38/h3-4,7-8,11-12,20-21,23,25-26,37H,5-6,9-10,13-18H2,1-2H3/t20?,21-,23?,25-,26-/m0/s1. The smallest absolute Gasteiger partial charge is 0.418 e. The fourth-order valence-electron chi connectivity index (χ4n) is 6.52. The number of hydrogen-bond acceptors (Lipinski definition) is 9. The van der Waals surface area contributed by atoms with Gasteiger partial charge in [-0.1, -0.05) is 12.1 Å². The van der Waals surface area contributed by atoms with Crippen LogP contribution in [0.3, 0.4) is 0 Å². The molecule has 1 aromatic heterocycles. The van der Waals surface area contributed by atoms with Crippen molar-refractivity contribution in [3.8, 4) is 11.6 Å². The molecular formula is C30H38F3N3O8S. The van der Waals surface area contributed by atoms with Gasteiger partial charge in [-0.25, -0.2) is 18.2 Å². The Morgan fingerprint density at radius 1 is 1.07 bits per heavy atom. The van der Waals surface area contributed by atoms with E-state index in [4.69, 9.17) is 18.9 Å². The highest BCUT2D eigenvalue weighted by Gasteiger charge is 2.49. The number of halogens is 3. The normalized spacial score (nSPS) is 26.3. The summed E-state index contributed by atoms with van der Waals surface area (Å²) < 4.78 is 91.7. The number of rotatable bonds is 6. The summed E-state index contributed by atoms with van der Waals surface area (Å²) in [7, 11) is -2.29. The molecule has 0 spiro atoms. The molecule has 1 amide bonds. The minimum absolute atomic E-state index is 0.00538. The third-order valence-electron chi connectivity index (χ3n) is 8.75. The van der Waals surface area contributed by atoms with E-state index in [2.05, 4.69) is 4.98 Å². The van der Waals surface area contributed by atoms with Crippen molar-refractivity contribution in [1.29, 1.82) is 0 Å². The second kappa shape index (κ2) is 13.7. The SMILES string of the molecule is COc1ccc(CN([C@H]2C[C@@H](CO)N3C(=O)OCCOc4ccc(C(F)(F)F)c(n4)C4CCC(CC4)OC[C@@H]23)S(C)(=O)=O)cc1. The molecular weight excluding hydrogens is 619 g/mol. The molecule has 1 saturated carbocycles. The summed E-state index contributed by atoms with van der Waals surface area (Å²) in [6.07, 6.45) is -2.77. The largest absolute Gasteiger partial charge is 0.497 e. The zero-order valence-corrected chi connectivity index (χ0v) is 25.9. The molecule has 4 bridgehead atoms. The number of aliphatic hydroxyl groups excluding tert-OH is 1. The number of nitrogens with zero attached hydrogens (tertiary/aromatic N) is 3. The molecule has 6 rings (SSSR count). The Kier molecular flexibility index (Phi) is 10.1. The molecule has 1 saturated heterocycles. The summed E-state index contributed by atoms with van der Waals surface area (Å²) in [6, 6.07) is 6.77. The van der Waals surface area contributed by atoms with Gasteiger partial charge >= 0.3 is 12.3 Å². The van der Waals surface area contributed by atoms with E-state index < -0.39 is 58.5 Å². The topological polar surface area (TPSA) is 128 Å². The number of aliphatic hydroxyl groups is 1. The summed E-state index contributed by atoms with van der Waals surface area (Å²) >= 11 is 0. The lowest BCUT2D eigenvalue weighted by Crippen LogP contribution is -2.52. The van der Waals surface area contributed by atoms with Crippen LogP contribution in [0.4, 0.5) is 18.0 Å². The van der Waals surface area contributed by atoms with E-state index in [-0.39, 0.29) is 50.5 Å². The first-order valence-electron chi connectivity index (χ1n) is 14.9. The number of hydrogen-bond donors (Lipinski definition) is 1. The Balaban J connectivity index is 1.43. The van der Waals surface area contributed by atoms with Crippen molar-refractivity contribution in [3.63, 3.8) is 0 Å². The van der Waals surface area contributed by atoms with Gasteiger partial charge in [-0.15, -0.1) is 0 Å². The molecule has 1 aliphatic carbocycles. The zero-order chi connectivity index (χ0) is 32.4. The second-order valence-corrected chi connectivity index (χ2v) is 13.6. The van der Waals surface area contributed by atoms with E-state index in [1.165, 1.54) is 16.3 Å². The number of amides is 1. The van der Waals surface area contributed by atoms with E-state index in [0.717, 1.165) is 18.4 Å². The molecule has 0 unspecified atom stereocenters.